The number of rotatable bonds is 2. The van der Waals surface area contributed by atoms with Crippen molar-refractivity contribution in [3.63, 3.8) is 0 Å². The molecular formula is C17H22N6. The summed E-state index contributed by atoms with van der Waals surface area (Å²) in [7, 11) is 0. The van der Waals surface area contributed by atoms with Crippen LogP contribution in [0.1, 0.15) is 24.8 Å². The van der Waals surface area contributed by atoms with Gasteiger partial charge in [-0.2, -0.15) is 0 Å². The molecule has 0 bridgehead atoms. The Hall–Kier alpha value is -2.24. The molecule has 1 spiro atoms. The third kappa shape index (κ3) is 2.85. The molecule has 2 aromatic heterocycles. The maximum atomic E-state index is 4.49. The van der Waals surface area contributed by atoms with Gasteiger partial charge >= 0.3 is 0 Å². The molecule has 2 aliphatic rings. The highest BCUT2D eigenvalue weighted by atomic mass is 15.3. The first kappa shape index (κ1) is 14.4. The summed E-state index contributed by atoms with van der Waals surface area (Å²) in [6.45, 7) is 6.16. The summed E-state index contributed by atoms with van der Waals surface area (Å²) in [4.78, 5) is 22.5. The molecule has 1 unspecified atom stereocenters. The van der Waals surface area contributed by atoms with Crippen molar-refractivity contribution in [1.82, 2.24) is 19.9 Å². The van der Waals surface area contributed by atoms with Crippen LogP contribution in [0.15, 0.2) is 30.9 Å². The van der Waals surface area contributed by atoms with Gasteiger partial charge in [0.15, 0.2) is 0 Å². The Bertz CT molecular complexity index is 659. The molecule has 0 aromatic carbocycles. The van der Waals surface area contributed by atoms with Crippen LogP contribution in [0.25, 0.3) is 0 Å². The summed E-state index contributed by atoms with van der Waals surface area (Å²) in [5.41, 5.74) is 1.42. The van der Waals surface area contributed by atoms with Crippen molar-refractivity contribution in [3.8, 4) is 0 Å². The molecule has 6 heteroatoms. The van der Waals surface area contributed by atoms with Gasteiger partial charge < -0.3 is 9.80 Å². The Labute approximate surface area is 136 Å². The molecule has 0 radical (unpaired) electrons. The Morgan fingerprint density at radius 3 is 2.26 bits per heavy atom. The van der Waals surface area contributed by atoms with Crippen LogP contribution < -0.4 is 9.80 Å². The van der Waals surface area contributed by atoms with E-state index in [0.29, 0.717) is 5.41 Å². The van der Waals surface area contributed by atoms with Crippen molar-refractivity contribution in [3.05, 3.63) is 36.4 Å². The van der Waals surface area contributed by atoms with Crippen LogP contribution in [0.3, 0.4) is 0 Å². The van der Waals surface area contributed by atoms with Gasteiger partial charge in [0.1, 0.15) is 0 Å². The quantitative estimate of drug-likeness (QED) is 0.846. The van der Waals surface area contributed by atoms with Crippen LogP contribution in [0.5, 0.6) is 0 Å². The third-order valence-corrected chi connectivity index (χ3v) is 4.98. The molecule has 120 valence electrons. The van der Waals surface area contributed by atoms with Gasteiger partial charge in [-0.05, 0) is 37.8 Å². The molecule has 0 aliphatic carbocycles. The molecule has 4 rings (SSSR count). The standard InChI is InChI=1S/C17H22N6/c1-14-10-20-16(21-11-14)23-9-5-17(13-23)4-2-8-22(12-17)15-18-6-3-7-19-15/h3,6-7,10-11H,2,4-5,8-9,12-13H2,1H3. The summed E-state index contributed by atoms with van der Waals surface area (Å²) < 4.78 is 0. The monoisotopic (exact) mass is 310 g/mol. The predicted octanol–water partition coefficient (Wildman–Crippen LogP) is 2.07. The van der Waals surface area contributed by atoms with Gasteiger partial charge in [-0.15, -0.1) is 0 Å². The zero-order valence-corrected chi connectivity index (χ0v) is 13.5. The average Bonchev–Trinajstić information content (AvgIpc) is 3.00. The van der Waals surface area contributed by atoms with Crippen molar-refractivity contribution in [1.29, 1.82) is 0 Å². The van der Waals surface area contributed by atoms with E-state index in [1.165, 1.54) is 19.3 Å². The smallest absolute Gasteiger partial charge is 0.225 e. The van der Waals surface area contributed by atoms with Gasteiger partial charge in [-0.25, -0.2) is 19.9 Å². The Morgan fingerprint density at radius 1 is 0.870 bits per heavy atom. The van der Waals surface area contributed by atoms with Gasteiger partial charge in [0.2, 0.25) is 11.9 Å². The second-order valence-electron chi connectivity index (χ2n) is 6.81. The first-order valence-electron chi connectivity index (χ1n) is 8.30. The summed E-state index contributed by atoms with van der Waals surface area (Å²) >= 11 is 0. The highest BCUT2D eigenvalue weighted by Crippen LogP contribution is 2.40. The highest BCUT2D eigenvalue weighted by molar-refractivity contribution is 5.36. The minimum atomic E-state index is 0.311. The van der Waals surface area contributed by atoms with E-state index in [2.05, 4.69) is 29.7 Å². The molecule has 0 N–H and O–H groups in total. The average molecular weight is 310 g/mol. The van der Waals surface area contributed by atoms with Crippen molar-refractivity contribution < 1.29 is 0 Å². The minimum Gasteiger partial charge on any atom is -0.340 e. The number of aromatic nitrogens is 4. The van der Waals surface area contributed by atoms with E-state index >= 15 is 0 Å². The highest BCUT2D eigenvalue weighted by Gasteiger charge is 2.42. The maximum absolute atomic E-state index is 4.49. The number of nitrogens with zero attached hydrogens (tertiary/aromatic N) is 6. The first-order valence-corrected chi connectivity index (χ1v) is 8.30. The SMILES string of the molecule is Cc1cnc(N2CCC3(CCCN(c4ncccn4)C3)C2)nc1. The lowest BCUT2D eigenvalue weighted by molar-refractivity contribution is 0.262. The van der Waals surface area contributed by atoms with Crippen molar-refractivity contribution in [2.75, 3.05) is 36.0 Å². The zero-order chi connectivity index (χ0) is 15.7. The van der Waals surface area contributed by atoms with E-state index in [-0.39, 0.29) is 0 Å². The van der Waals surface area contributed by atoms with Crippen LogP contribution in [-0.2, 0) is 0 Å². The number of anilines is 2. The molecule has 2 aromatic rings. The number of piperidine rings is 1. The Morgan fingerprint density at radius 2 is 1.52 bits per heavy atom. The lowest BCUT2D eigenvalue weighted by atomic mass is 9.79. The minimum absolute atomic E-state index is 0.311. The van der Waals surface area contributed by atoms with E-state index in [1.807, 2.05) is 37.8 Å². The van der Waals surface area contributed by atoms with Crippen LogP contribution >= 0.6 is 0 Å². The van der Waals surface area contributed by atoms with E-state index in [0.717, 1.165) is 43.6 Å². The molecule has 2 saturated heterocycles. The first-order chi connectivity index (χ1) is 11.2. The van der Waals surface area contributed by atoms with Crippen molar-refractivity contribution in [2.24, 2.45) is 5.41 Å². The summed E-state index contributed by atoms with van der Waals surface area (Å²) in [5.74, 6) is 1.72. The number of aryl methyl sites for hydroxylation is 1. The van der Waals surface area contributed by atoms with Crippen molar-refractivity contribution >= 4 is 11.9 Å². The molecule has 0 saturated carbocycles. The fourth-order valence-electron chi connectivity index (χ4n) is 3.82. The lowest BCUT2D eigenvalue weighted by Crippen LogP contribution is -2.45. The van der Waals surface area contributed by atoms with Gasteiger partial charge in [0, 0.05) is 56.4 Å². The largest absolute Gasteiger partial charge is 0.340 e. The Kier molecular flexibility index (Phi) is 3.59. The van der Waals surface area contributed by atoms with Gasteiger partial charge in [-0.1, -0.05) is 0 Å². The fourth-order valence-corrected chi connectivity index (χ4v) is 3.82. The third-order valence-electron chi connectivity index (χ3n) is 4.98. The van der Waals surface area contributed by atoms with Gasteiger partial charge in [-0.3, -0.25) is 0 Å². The molecule has 2 fully saturated rings. The fraction of sp³-hybridized carbons (Fsp3) is 0.529. The summed E-state index contributed by atoms with van der Waals surface area (Å²) in [5, 5.41) is 0. The lowest BCUT2D eigenvalue weighted by Gasteiger charge is -2.40. The van der Waals surface area contributed by atoms with Crippen LogP contribution in [-0.4, -0.2) is 46.1 Å². The molecule has 2 aliphatic heterocycles. The molecule has 4 heterocycles. The molecule has 1 atom stereocenters. The predicted molar refractivity (Wildman–Crippen MR) is 89.5 cm³/mol. The second-order valence-corrected chi connectivity index (χ2v) is 6.81. The maximum Gasteiger partial charge on any atom is 0.225 e. The molecule has 6 nitrogen and oxygen atoms in total. The molecule has 23 heavy (non-hydrogen) atoms. The normalized spacial score (nSPS) is 24.4. The van der Waals surface area contributed by atoms with Gasteiger partial charge in [0.25, 0.3) is 0 Å². The van der Waals surface area contributed by atoms with Crippen LogP contribution in [0, 0.1) is 12.3 Å². The summed E-state index contributed by atoms with van der Waals surface area (Å²) in [6, 6.07) is 1.87. The van der Waals surface area contributed by atoms with E-state index in [9.17, 15) is 0 Å². The van der Waals surface area contributed by atoms with Crippen LogP contribution in [0.4, 0.5) is 11.9 Å². The van der Waals surface area contributed by atoms with Crippen molar-refractivity contribution in [2.45, 2.75) is 26.2 Å². The van der Waals surface area contributed by atoms with Crippen LogP contribution in [0.2, 0.25) is 0 Å². The number of hydrogen-bond acceptors (Lipinski definition) is 6. The topological polar surface area (TPSA) is 58.0 Å². The van der Waals surface area contributed by atoms with E-state index in [4.69, 9.17) is 0 Å². The molecular weight excluding hydrogens is 288 g/mol. The van der Waals surface area contributed by atoms with E-state index < -0.39 is 0 Å². The van der Waals surface area contributed by atoms with E-state index in [1.54, 1.807) is 0 Å². The molecule has 0 amide bonds. The Balaban J connectivity index is 1.50. The van der Waals surface area contributed by atoms with Gasteiger partial charge in [0.05, 0.1) is 0 Å². The summed E-state index contributed by atoms with van der Waals surface area (Å²) in [6.07, 6.45) is 11.1. The second kappa shape index (κ2) is 5.76. The zero-order valence-electron chi connectivity index (χ0n) is 13.5. The number of hydrogen-bond donors (Lipinski definition) is 0.